The minimum Gasteiger partial charge on any atom is -0.496 e. The van der Waals surface area contributed by atoms with Gasteiger partial charge < -0.3 is 14.8 Å². The molecule has 1 aliphatic rings. The van der Waals surface area contributed by atoms with Gasteiger partial charge in [-0.1, -0.05) is 30.3 Å². The van der Waals surface area contributed by atoms with Gasteiger partial charge in [-0.25, -0.2) is 0 Å². The van der Waals surface area contributed by atoms with Gasteiger partial charge in [0.2, 0.25) is 5.91 Å². The zero-order chi connectivity index (χ0) is 18.5. The Morgan fingerprint density at radius 3 is 2.50 bits per heavy atom. The Morgan fingerprint density at radius 2 is 1.85 bits per heavy atom. The van der Waals surface area contributed by atoms with Crippen LogP contribution in [0.4, 0.5) is 0 Å². The van der Waals surface area contributed by atoms with Crippen molar-refractivity contribution >= 4 is 5.91 Å². The molecule has 0 spiro atoms. The van der Waals surface area contributed by atoms with Crippen LogP contribution in [-0.2, 0) is 11.3 Å². The van der Waals surface area contributed by atoms with Crippen LogP contribution in [0.15, 0.2) is 42.5 Å². The molecule has 0 bridgehead atoms. The van der Waals surface area contributed by atoms with E-state index in [9.17, 15) is 4.79 Å². The Morgan fingerprint density at radius 1 is 1.12 bits per heavy atom. The van der Waals surface area contributed by atoms with Crippen molar-refractivity contribution < 1.29 is 14.3 Å². The molecule has 1 unspecified atom stereocenters. The van der Waals surface area contributed by atoms with Crippen LogP contribution in [0.2, 0.25) is 0 Å². The number of methoxy groups -OCH3 is 2. The van der Waals surface area contributed by atoms with E-state index in [0.717, 1.165) is 22.6 Å². The van der Waals surface area contributed by atoms with Crippen LogP contribution >= 0.6 is 0 Å². The Bertz CT molecular complexity index is 768. The zero-order valence-corrected chi connectivity index (χ0v) is 15.7. The Hall–Kier alpha value is -2.49. The summed E-state index contributed by atoms with van der Waals surface area (Å²) in [7, 11) is 3.33. The van der Waals surface area contributed by atoms with Gasteiger partial charge in [-0.2, -0.15) is 0 Å². The molecule has 1 fully saturated rings. The number of benzene rings is 2. The standard InChI is InChI=1S/C22H27NO3/c1-15-12-17(10-11-20(15)25-2)19(16-8-9-16)13-22(24)23-14-18-6-4-5-7-21(18)26-3/h4-7,10-12,16,19H,8-9,13-14H2,1-3H3,(H,23,24). The molecular weight excluding hydrogens is 326 g/mol. The van der Waals surface area contributed by atoms with Gasteiger partial charge in [0.05, 0.1) is 14.2 Å². The summed E-state index contributed by atoms with van der Waals surface area (Å²) in [5, 5.41) is 3.05. The summed E-state index contributed by atoms with van der Waals surface area (Å²) in [6.07, 6.45) is 2.93. The summed E-state index contributed by atoms with van der Waals surface area (Å²) in [5.74, 6) is 2.67. The molecule has 0 saturated heterocycles. The first-order valence-electron chi connectivity index (χ1n) is 9.15. The van der Waals surface area contributed by atoms with Gasteiger partial charge in [0.15, 0.2) is 0 Å². The van der Waals surface area contributed by atoms with Gasteiger partial charge in [0.1, 0.15) is 11.5 Å². The lowest BCUT2D eigenvalue weighted by atomic mass is 9.89. The fourth-order valence-electron chi connectivity index (χ4n) is 3.50. The van der Waals surface area contributed by atoms with E-state index in [2.05, 4.69) is 17.4 Å². The Labute approximate surface area is 155 Å². The second-order valence-electron chi connectivity index (χ2n) is 6.97. The van der Waals surface area contributed by atoms with Crippen molar-refractivity contribution in [1.82, 2.24) is 5.32 Å². The first kappa shape index (κ1) is 18.3. The molecule has 3 rings (SSSR count). The number of rotatable bonds is 8. The molecule has 0 aromatic heterocycles. The van der Waals surface area contributed by atoms with Crippen LogP contribution in [0.1, 0.15) is 41.9 Å². The summed E-state index contributed by atoms with van der Waals surface area (Å²) in [4.78, 5) is 12.6. The second-order valence-corrected chi connectivity index (χ2v) is 6.97. The van der Waals surface area contributed by atoms with Crippen LogP contribution < -0.4 is 14.8 Å². The van der Waals surface area contributed by atoms with E-state index >= 15 is 0 Å². The zero-order valence-electron chi connectivity index (χ0n) is 15.7. The molecule has 1 atom stereocenters. The third-order valence-corrected chi connectivity index (χ3v) is 5.11. The van der Waals surface area contributed by atoms with Crippen molar-refractivity contribution in [1.29, 1.82) is 0 Å². The van der Waals surface area contributed by atoms with Gasteiger partial charge in [0.25, 0.3) is 0 Å². The number of aryl methyl sites for hydroxylation is 1. The molecule has 0 radical (unpaired) electrons. The van der Waals surface area contributed by atoms with Crippen LogP contribution in [-0.4, -0.2) is 20.1 Å². The Kier molecular flexibility index (Phi) is 5.82. The van der Waals surface area contributed by atoms with Crippen molar-refractivity contribution in [3.8, 4) is 11.5 Å². The first-order chi connectivity index (χ1) is 12.6. The molecule has 1 saturated carbocycles. The maximum absolute atomic E-state index is 12.6. The molecule has 4 nitrogen and oxygen atoms in total. The smallest absolute Gasteiger partial charge is 0.220 e. The highest BCUT2D eigenvalue weighted by atomic mass is 16.5. The van der Waals surface area contributed by atoms with Crippen LogP contribution in [0.5, 0.6) is 11.5 Å². The normalized spacial score (nSPS) is 14.6. The van der Waals surface area contributed by atoms with E-state index < -0.39 is 0 Å². The van der Waals surface area contributed by atoms with Crippen molar-refractivity contribution in [2.45, 2.75) is 38.6 Å². The number of amides is 1. The third kappa shape index (κ3) is 4.37. The van der Waals surface area contributed by atoms with Gasteiger partial charge in [0, 0.05) is 18.5 Å². The van der Waals surface area contributed by atoms with Crippen LogP contribution in [0, 0.1) is 12.8 Å². The number of ether oxygens (including phenoxy) is 2. The van der Waals surface area contributed by atoms with Crippen LogP contribution in [0.25, 0.3) is 0 Å². The van der Waals surface area contributed by atoms with Gasteiger partial charge in [-0.3, -0.25) is 4.79 Å². The highest BCUT2D eigenvalue weighted by Gasteiger charge is 2.33. The predicted octanol–water partition coefficient (Wildman–Crippen LogP) is 4.21. The SMILES string of the molecule is COc1ccc(C(CC(=O)NCc2ccccc2OC)C2CC2)cc1C. The highest BCUT2D eigenvalue weighted by molar-refractivity contribution is 5.77. The third-order valence-electron chi connectivity index (χ3n) is 5.11. The molecule has 138 valence electrons. The van der Waals surface area contributed by atoms with Gasteiger partial charge in [-0.05, 0) is 54.9 Å². The summed E-state index contributed by atoms with van der Waals surface area (Å²) in [6.45, 7) is 2.54. The van der Waals surface area contributed by atoms with E-state index in [1.807, 2.05) is 37.3 Å². The summed E-state index contributed by atoms with van der Waals surface area (Å²) in [6, 6.07) is 14.0. The average molecular weight is 353 g/mol. The summed E-state index contributed by atoms with van der Waals surface area (Å²) in [5.41, 5.74) is 3.34. The second kappa shape index (κ2) is 8.26. The molecule has 1 aliphatic carbocycles. The molecular formula is C22H27NO3. The van der Waals surface area contributed by atoms with Crippen molar-refractivity contribution in [2.75, 3.05) is 14.2 Å². The number of nitrogens with one attached hydrogen (secondary N) is 1. The number of hydrogen-bond donors (Lipinski definition) is 1. The highest BCUT2D eigenvalue weighted by Crippen LogP contribution is 2.45. The quantitative estimate of drug-likeness (QED) is 0.773. The topological polar surface area (TPSA) is 47.6 Å². The number of para-hydroxylation sites is 1. The minimum absolute atomic E-state index is 0.0845. The molecule has 2 aromatic rings. The first-order valence-corrected chi connectivity index (χ1v) is 9.15. The predicted molar refractivity (Wildman–Crippen MR) is 103 cm³/mol. The molecule has 4 heteroatoms. The fraction of sp³-hybridized carbons (Fsp3) is 0.409. The molecule has 1 N–H and O–H groups in total. The van der Waals surface area contributed by atoms with Crippen molar-refractivity contribution in [2.24, 2.45) is 5.92 Å². The fourth-order valence-corrected chi connectivity index (χ4v) is 3.50. The molecule has 26 heavy (non-hydrogen) atoms. The van der Waals surface area contributed by atoms with E-state index in [4.69, 9.17) is 9.47 Å². The average Bonchev–Trinajstić information content (AvgIpc) is 3.49. The summed E-state index contributed by atoms with van der Waals surface area (Å²) >= 11 is 0. The maximum atomic E-state index is 12.6. The Balaban J connectivity index is 1.65. The van der Waals surface area contributed by atoms with Crippen LogP contribution in [0.3, 0.4) is 0 Å². The van der Waals surface area contributed by atoms with Gasteiger partial charge in [-0.15, -0.1) is 0 Å². The number of hydrogen-bond acceptors (Lipinski definition) is 3. The minimum atomic E-state index is 0.0845. The largest absolute Gasteiger partial charge is 0.496 e. The van der Waals surface area contributed by atoms with Crippen molar-refractivity contribution in [3.63, 3.8) is 0 Å². The lowest BCUT2D eigenvalue weighted by Gasteiger charge is -2.18. The molecule has 0 heterocycles. The lowest BCUT2D eigenvalue weighted by molar-refractivity contribution is -0.121. The molecule has 1 amide bonds. The van der Waals surface area contributed by atoms with E-state index in [-0.39, 0.29) is 11.8 Å². The number of carbonyl (C=O) groups excluding carboxylic acids is 1. The number of carbonyl (C=O) groups is 1. The van der Waals surface area contributed by atoms with Gasteiger partial charge >= 0.3 is 0 Å². The molecule has 0 aliphatic heterocycles. The maximum Gasteiger partial charge on any atom is 0.220 e. The van der Waals surface area contributed by atoms with Crippen molar-refractivity contribution in [3.05, 3.63) is 59.2 Å². The lowest BCUT2D eigenvalue weighted by Crippen LogP contribution is -2.25. The monoisotopic (exact) mass is 353 g/mol. The summed E-state index contributed by atoms with van der Waals surface area (Å²) < 4.78 is 10.7. The molecule has 2 aromatic carbocycles. The van der Waals surface area contributed by atoms with E-state index in [1.165, 1.54) is 18.4 Å². The van der Waals surface area contributed by atoms with E-state index in [0.29, 0.717) is 18.9 Å². The van der Waals surface area contributed by atoms with E-state index in [1.54, 1.807) is 14.2 Å².